The van der Waals surface area contributed by atoms with Crippen LogP contribution in [0.25, 0.3) is 10.9 Å². The van der Waals surface area contributed by atoms with Crippen LogP contribution in [-0.4, -0.2) is 10.9 Å². The first-order valence-corrected chi connectivity index (χ1v) is 6.01. The Balaban J connectivity index is 2.23. The Hall–Kier alpha value is -0.900. The zero-order valence-electron chi connectivity index (χ0n) is 8.49. The number of alkyl halides is 2. The van der Waals surface area contributed by atoms with Crippen LogP contribution in [0.5, 0.6) is 0 Å². The third-order valence-electron chi connectivity index (χ3n) is 3.13. The summed E-state index contributed by atoms with van der Waals surface area (Å²) in [5.41, 5.74) is 2.71. The number of halogens is 3. The lowest BCUT2D eigenvalue weighted by Gasteiger charge is -2.21. The molecule has 0 aliphatic heterocycles. The van der Waals surface area contributed by atoms with E-state index in [1.54, 1.807) is 0 Å². The molecule has 1 N–H and O–H groups in total. The van der Waals surface area contributed by atoms with Crippen molar-refractivity contribution in [1.82, 2.24) is 4.98 Å². The molecule has 1 aromatic carbocycles. The molecule has 84 valence electrons. The number of fused-ring (bicyclic) bond motifs is 3. The van der Waals surface area contributed by atoms with Gasteiger partial charge in [0, 0.05) is 33.9 Å². The van der Waals surface area contributed by atoms with Gasteiger partial charge in [-0.15, -0.1) is 0 Å². The van der Waals surface area contributed by atoms with Gasteiger partial charge < -0.3 is 4.98 Å². The molecule has 0 bridgehead atoms. The summed E-state index contributed by atoms with van der Waals surface area (Å²) in [5, 5.41) is 0.920. The summed E-state index contributed by atoms with van der Waals surface area (Å²) in [6, 6.07) is 5.75. The number of H-pyrrole nitrogens is 1. The third-order valence-corrected chi connectivity index (χ3v) is 3.63. The predicted octanol–water partition coefficient (Wildman–Crippen LogP) is 4.05. The van der Waals surface area contributed by atoms with Gasteiger partial charge in [0.25, 0.3) is 5.92 Å². The van der Waals surface area contributed by atoms with Crippen LogP contribution in [0, 0.1) is 0 Å². The second kappa shape index (κ2) is 3.29. The zero-order chi connectivity index (χ0) is 11.3. The molecule has 0 spiro atoms. The van der Waals surface area contributed by atoms with Gasteiger partial charge in [-0.05, 0) is 30.2 Å². The first kappa shape index (κ1) is 10.3. The maximum atomic E-state index is 13.4. The number of hydrogen-bond acceptors (Lipinski definition) is 0. The molecule has 0 radical (unpaired) electrons. The van der Waals surface area contributed by atoms with Crippen LogP contribution in [0.15, 0.2) is 22.7 Å². The van der Waals surface area contributed by atoms with E-state index >= 15 is 0 Å². The van der Waals surface area contributed by atoms with Gasteiger partial charge in [0.15, 0.2) is 0 Å². The molecule has 0 atom stereocenters. The number of nitrogens with one attached hydrogen (secondary N) is 1. The van der Waals surface area contributed by atoms with Gasteiger partial charge in [0.1, 0.15) is 0 Å². The molecule has 1 heterocycles. The second-order valence-electron chi connectivity index (χ2n) is 4.30. The molecule has 0 saturated heterocycles. The van der Waals surface area contributed by atoms with Crippen molar-refractivity contribution >= 4 is 26.8 Å². The quantitative estimate of drug-likeness (QED) is 0.752. The molecule has 1 aliphatic carbocycles. The fourth-order valence-electron chi connectivity index (χ4n) is 2.35. The highest BCUT2D eigenvalue weighted by molar-refractivity contribution is 9.10. The summed E-state index contributed by atoms with van der Waals surface area (Å²) >= 11 is 3.37. The summed E-state index contributed by atoms with van der Waals surface area (Å²) in [6.45, 7) is 0. The fourth-order valence-corrected chi connectivity index (χ4v) is 2.71. The van der Waals surface area contributed by atoms with Crippen LogP contribution >= 0.6 is 15.9 Å². The van der Waals surface area contributed by atoms with Gasteiger partial charge in [0.2, 0.25) is 0 Å². The normalized spacial score (nSPS) is 18.7. The van der Waals surface area contributed by atoms with E-state index in [0.717, 1.165) is 26.6 Å². The average molecular weight is 286 g/mol. The number of aromatic amines is 1. The maximum Gasteiger partial charge on any atom is 0.252 e. The molecule has 2 aromatic rings. The van der Waals surface area contributed by atoms with Crippen molar-refractivity contribution in [2.45, 2.75) is 25.2 Å². The van der Waals surface area contributed by atoms with Crippen molar-refractivity contribution in [1.29, 1.82) is 0 Å². The molecule has 1 aromatic heterocycles. The molecular formula is C12H10BrF2N. The van der Waals surface area contributed by atoms with Crippen LogP contribution in [0.3, 0.4) is 0 Å². The summed E-state index contributed by atoms with van der Waals surface area (Å²) in [6.07, 6.45) is 0.251. The van der Waals surface area contributed by atoms with Gasteiger partial charge >= 0.3 is 0 Å². The van der Waals surface area contributed by atoms with Crippen LogP contribution in [-0.2, 0) is 12.8 Å². The van der Waals surface area contributed by atoms with Crippen LogP contribution < -0.4 is 0 Å². The number of aryl methyl sites for hydroxylation is 1. The van der Waals surface area contributed by atoms with E-state index in [1.165, 1.54) is 0 Å². The Labute approximate surface area is 100.0 Å². The number of hydrogen-bond donors (Lipinski definition) is 1. The Morgan fingerprint density at radius 3 is 2.94 bits per heavy atom. The highest BCUT2D eigenvalue weighted by Gasteiger charge is 2.35. The molecule has 1 aliphatic rings. The first-order chi connectivity index (χ1) is 7.55. The molecule has 4 heteroatoms. The number of benzene rings is 1. The predicted molar refractivity (Wildman–Crippen MR) is 63.0 cm³/mol. The molecule has 0 unspecified atom stereocenters. The summed E-state index contributed by atoms with van der Waals surface area (Å²) < 4.78 is 27.7. The van der Waals surface area contributed by atoms with Crippen molar-refractivity contribution in [2.75, 3.05) is 0 Å². The lowest BCUT2D eigenvalue weighted by atomic mass is 9.92. The van der Waals surface area contributed by atoms with E-state index < -0.39 is 5.92 Å². The molecule has 1 nitrogen and oxygen atoms in total. The van der Waals surface area contributed by atoms with Gasteiger partial charge in [0.05, 0.1) is 0 Å². The standard InChI is InChI=1S/C12H10BrF2N/c13-7-1-2-10-8(5-7)9-6-12(14,15)4-3-11(9)16-10/h1-2,5,16H,3-4,6H2. The highest BCUT2D eigenvalue weighted by atomic mass is 79.9. The lowest BCUT2D eigenvalue weighted by molar-refractivity contribution is -0.0121. The van der Waals surface area contributed by atoms with E-state index in [4.69, 9.17) is 0 Å². The van der Waals surface area contributed by atoms with E-state index in [1.807, 2.05) is 18.2 Å². The molecule has 3 rings (SSSR count). The maximum absolute atomic E-state index is 13.4. The Bertz CT molecular complexity index is 559. The van der Waals surface area contributed by atoms with E-state index in [2.05, 4.69) is 20.9 Å². The van der Waals surface area contributed by atoms with Gasteiger partial charge in [-0.3, -0.25) is 0 Å². The Morgan fingerprint density at radius 2 is 2.12 bits per heavy atom. The molecular weight excluding hydrogens is 276 g/mol. The smallest absolute Gasteiger partial charge is 0.252 e. The lowest BCUT2D eigenvalue weighted by Crippen LogP contribution is -2.25. The molecule has 16 heavy (non-hydrogen) atoms. The summed E-state index contributed by atoms with van der Waals surface area (Å²) in [4.78, 5) is 3.23. The summed E-state index contributed by atoms with van der Waals surface area (Å²) in [7, 11) is 0. The van der Waals surface area contributed by atoms with E-state index in [0.29, 0.717) is 6.42 Å². The highest BCUT2D eigenvalue weighted by Crippen LogP contribution is 2.37. The monoisotopic (exact) mass is 285 g/mol. The van der Waals surface area contributed by atoms with Gasteiger partial charge in [-0.2, -0.15) is 0 Å². The van der Waals surface area contributed by atoms with Crippen molar-refractivity contribution in [2.24, 2.45) is 0 Å². The zero-order valence-corrected chi connectivity index (χ0v) is 10.1. The van der Waals surface area contributed by atoms with Crippen LogP contribution in [0.2, 0.25) is 0 Å². The topological polar surface area (TPSA) is 15.8 Å². The van der Waals surface area contributed by atoms with Crippen molar-refractivity contribution in [3.05, 3.63) is 33.9 Å². The van der Waals surface area contributed by atoms with E-state index in [9.17, 15) is 8.78 Å². The Kier molecular flexibility index (Phi) is 2.11. The van der Waals surface area contributed by atoms with Crippen molar-refractivity contribution < 1.29 is 8.78 Å². The second-order valence-corrected chi connectivity index (χ2v) is 5.22. The minimum Gasteiger partial charge on any atom is -0.358 e. The molecule has 0 saturated carbocycles. The Morgan fingerprint density at radius 1 is 1.31 bits per heavy atom. The number of aromatic nitrogens is 1. The molecule has 0 amide bonds. The van der Waals surface area contributed by atoms with Crippen molar-refractivity contribution in [3.63, 3.8) is 0 Å². The van der Waals surface area contributed by atoms with Gasteiger partial charge in [-0.25, -0.2) is 8.78 Å². The fraction of sp³-hybridized carbons (Fsp3) is 0.333. The van der Waals surface area contributed by atoms with Crippen molar-refractivity contribution in [3.8, 4) is 0 Å². The van der Waals surface area contributed by atoms with E-state index in [-0.39, 0.29) is 12.8 Å². The first-order valence-electron chi connectivity index (χ1n) is 5.22. The summed E-state index contributed by atoms with van der Waals surface area (Å²) in [5.74, 6) is -2.55. The van der Waals surface area contributed by atoms with Crippen LogP contribution in [0.1, 0.15) is 17.7 Å². The minimum atomic E-state index is -2.55. The van der Waals surface area contributed by atoms with Crippen LogP contribution in [0.4, 0.5) is 8.78 Å². The minimum absolute atomic E-state index is 0.0476. The molecule has 0 fully saturated rings. The third kappa shape index (κ3) is 1.56. The number of rotatable bonds is 0. The largest absolute Gasteiger partial charge is 0.358 e. The van der Waals surface area contributed by atoms with Gasteiger partial charge in [-0.1, -0.05) is 15.9 Å². The average Bonchev–Trinajstić information content (AvgIpc) is 2.55. The SMILES string of the molecule is FC1(F)CCc2[nH]c3ccc(Br)cc3c2C1.